The molecular formula is C14H19N3S. The Kier molecular flexibility index (Phi) is 3.99. The van der Waals surface area contributed by atoms with Gasteiger partial charge in [-0.25, -0.2) is 4.98 Å². The maximum absolute atomic E-state index is 5.72. The van der Waals surface area contributed by atoms with Crippen LogP contribution >= 0.6 is 11.3 Å². The predicted octanol–water partition coefficient (Wildman–Crippen LogP) is 3.38. The SMILES string of the molecule is CCN(c1ccc(C)cc1)c1nc(C)c(CN)s1. The Morgan fingerprint density at radius 2 is 1.89 bits per heavy atom. The van der Waals surface area contributed by atoms with E-state index in [0.29, 0.717) is 6.54 Å². The van der Waals surface area contributed by atoms with E-state index in [4.69, 9.17) is 5.73 Å². The lowest BCUT2D eigenvalue weighted by Crippen LogP contribution is -2.15. The molecule has 0 aliphatic heterocycles. The second-order valence-corrected chi connectivity index (χ2v) is 5.35. The van der Waals surface area contributed by atoms with Gasteiger partial charge < -0.3 is 10.6 Å². The molecule has 0 aliphatic carbocycles. The van der Waals surface area contributed by atoms with Crippen molar-refractivity contribution < 1.29 is 0 Å². The molecule has 1 aromatic carbocycles. The third-order valence-electron chi connectivity index (χ3n) is 2.96. The lowest BCUT2D eigenvalue weighted by Gasteiger charge is -2.20. The lowest BCUT2D eigenvalue weighted by molar-refractivity contribution is 0.997. The van der Waals surface area contributed by atoms with Gasteiger partial charge in [0.2, 0.25) is 0 Å². The number of nitrogens with zero attached hydrogens (tertiary/aromatic N) is 2. The highest BCUT2D eigenvalue weighted by atomic mass is 32.1. The van der Waals surface area contributed by atoms with Gasteiger partial charge >= 0.3 is 0 Å². The number of aryl methyl sites for hydroxylation is 2. The van der Waals surface area contributed by atoms with Gasteiger partial charge in [0, 0.05) is 23.7 Å². The Bertz CT molecular complexity index is 516. The van der Waals surface area contributed by atoms with Gasteiger partial charge in [0.05, 0.1) is 5.69 Å². The van der Waals surface area contributed by atoms with Crippen LogP contribution in [0.2, 0.25) is 0 Å². The highest BCUT2D eigenvalue weighted by molar-refractivity contribution is 7.15. The Labute approximate surface area is 112 Å². The Morgan fingerprint density at radius 3 is 2.39 bits per heavy atom. The first-order valence-electron chi connectivity index (χ1n) is 6.16. The quantitative estimate of drug-likeness (QED) is 0.917. The third kappa shape index (κ3) is 2.54. The molecule has 0 fully saturated rings. The fourth-order valence-corrected chi connectivity index (χ4v) is 2.89. The van der Waals surface area contributed by atoms with Crippen molar-refractivity contribution in [2.45, 2.75) is 27.3 Å². The monoisotopic (exact) mass is 261 g/mol. The van der Waals surface area contributed by atoms with Gasteiger partial charge in [-0.1, -0.05) is 29.0 Å². The lowest BCUT2D eigenvalue weighted by atomic mass is 10.2. The first-order valence-corrected chi connectivity index (χ1v) is 6.98. The number of nitrogens with two attached hydrogens (primary N) is 1. The first kappa shape index (κ1) is 13.1. The summed E-state index contributed by atoms with van der Waals surface area (Å²) in [7, 11) is 0. The summed E-state index contributed by atoms with van der Waals surface area (Å²) in [6, 6.07) is 8.53. The molecule has 0 atom stereocenters. The minimum absolute atomic E-state index is 0.564. The summed E-state index contributed by atoms with van der Waals surface area (Å²) in [5, 5.41) is 1.03. The molecule has 0 saturated heterocycles. The molecule has 3 nitrogen and oxygen atoms in total. The standard InChI is InChI=1S/C14H19N3S/c1-4-17(12-7-5-10(2)6-8-12)14-16-11(3)13(9-15)18-14/h5-8H,4,9,15H2,1-3H3. The van der Waals surface area contributed by atoms with E-state index < -0.39 is 0 Å². The van der Waals surface area contributed by atoms with Gasteiger partial charge in [0.25, 0.3) is 0 Å². The van der Waals surface area contributed by atoms with Crippen molar-refractivity contribution in [1.82, 2.24) is 4.98 Å². The maximum Gasteiger partial charge on any atom is 0.190 e. The zero-order chi connectivity index (χ0) is 13.1. The van der Waals surface area contributed by atoms with E-state index >= 15 is 0 Å². The van der Waals surface area contributed by atoms with E-state index in [0.717, 1.165) is 22.2 Å². The summed E-state index contributed by atoms with van der Waals surface area (Å²) in [6.07, 6.45) is 0. The number of benzene rings is 1. The van der Waals surface area contributed by atoms with Crippen molar-refractivity contribution >= 4 is 22.2 Å². The highest BCUT2D eigenvalue weighted by Crippen LogP contribution is 2.31. The van der Waals surface area contributed by atoms with E-state index in [1.807, 2.05) is 6.92 Å². The second-order valence-electron chi connectivity index (χ2n) is 4.29. The van der Waals surface area contributed by atoms with Crippen LogP contribution in [0.3, 0.4) is 0 Å². The molecule has 0 radical (unpaired) electrons. The summed E-state index contributed by atoms with van der Waals surface area (Å²) in [5.41, 5.74) is 9.21. The summed E-state index contributed by atoms with van der Waals surface area (Å²) in [5.74, 6) is 0. The smallest absolute Gasteiger partial charge is 0.190 e. The summed E-state index contributed by atoms with van der Waals surface area (Å²) in [6.45, 7) is 7.72. The summed E-state index contributed by atoms with van der Waals surface area (Å²) >= 11 is 1.68. The molecule has 2 rings (SSSR count). The predicted molar refractivity (Wildman–Crippen MR) is 78.6 cm³/mol. The first-order chi connectivity index (χ1) is 8.65. The van der Waals surface area contributed by atoms with Crippen LogP contribution < -0.4 is 10.6 Å². The molecule has 96 valence electrons. The molecule has 0 spiro atoms. The molecular weight excluding hydrogens is 242 g/mol. The zero-order valence-corrected chi connectivity index (χ0v) is 11.9. The Balaban J connectivity index is 2.35. The van der Waals surface area contributed by atoms with E-state index in [1.54, 1.807) is 11.3 Å². The molecule has 4 heteroatoms. The largest absolute Gasteiger partial charge is 0.326 e. The van der Waals surface area contributed by atoms with Crippen molar-refractivity contribution in [3.05, 3.63) is 40.4 Å². The van der Waals surface area contributed by atoms with Gasteiger partial charge in [-0.3, -0.25) is 0 Å². The van der Waals surface area contributed by atoms with Gasteiger partial charge in [0.15, 0.2) is 5.13 Å². The van der Waals surface area contributed by atoms with Crippen molar-refractivity contribution in [3.63, 3.8) is 0 Å². The van der Waals surface area contributed by atoms with Crippen LogP contribution in [0.1, 0.15) is 23.1 Å². The molecule has 0 saturated carbocycles. The molecule has 2 N–H and O–H groups in total. The molecule has 1 heterocycles. The average Bonchev–Trinajstić information content (AvgIpc) is 2.74. The fraction of sp³-hybridized carbons (Fsp3) is 0.357. The number of hydrogen-bond acceptors (Lipinski definition) is 4. The van der Waals surface area contributed by atoms with E-state index in [1.165, 1.54) is 11.3 Å². The van der Waals surface area contributed by atoms with Crippen LogP contribution in [0.5, 0.6) is 0 Å². The molecule has 0 amide bonds. The molecule has 18 heavy (non-hydrogen) atoms. The second kappa shape index (κ2) is 5.50. The Hall–Kier alpha value is -1.39. The minimum atomic E-state index is 0.564. The van der Waals surface area contributed by atoms with Crippen LogP contribution in [-0.4, -0.2) is 11.5 Å². The zero-order valence-electron chi connectivity index (χ0n) is 11.1. The average molecular weight is 261 g/mol. The van der Waals surface area contributed by atoms with Crippen molar-refractivity contribution in [2.75, 3.05) is 11.4 Å². The summed E-state index contributed by atoms with van der Waals surface area (Å²) < 4.78 is 0. The van der Waals surface area contributed by atoms with Crippen molar-refractivity contribution in [1.29, 1.82) is 0 Å². The van der Waals surface area contributed by atoms with Crippen LogP contribution in [0.25, 0.3) is 0 Å². The van der Waals surface area contributed by atoms with Crippen LogP contribution in [0.15, 0.2) is 24.3 Å². The minimum Gasteiger partial charge on any atom is -0.326 e. The van der Waals surface area contributed by atoms with E-state index in [-0.39, 0.29) is 0 Å². The van der Waals surface area contributed by atoms with Gasteiger partial charge in [-0.15, -0.1) is 0 Å². The number of hydrogen-bond donors (Lipinski definition) is 1. The molecule has 0 bridgehead atoms. The van der Waals surface area contributed by atoms with E-state index in [9.17, 15) is 0 Å². The van der Waals surface area contributed by atoms with Gasteiger partial charge in [-0.2, -0.15) is 0 Å². The van der Waals surface area contributed by atoms with Crippen LogP contribution in [0.4, 0.5) is 10.8 Å². The molecule has 2 aromatic rings. The molecule has 1 aromatic heterocycles. The van der Waals surface area contributed by atoms with Crippen LogP contribution in [0, 0.1) is 13.8 Å². The molecule has 0 aliphatic rings. The fourth-order valence-electron chi connectivity index (χ4n) is 1.87. The van der Waals surface area contributed by atoms with Crippen molar-refractivity contribution in [2.24, 2.45) is 5.73 Å². The number of rotatable bonds is 4. The third-order valence-corrected chi connectivity index (χ3v) is 4.16. The topological polar surface area (TPSA) is 42.2 Å². The van der Waals surface area contributed by atoms with Crippen molar-refractivity contribution in [3.8, 4) is 0 Å². The summed E-state index contributed by atoms with van der Waals surface area (Å²) in [4.78, 5) is 8.00. The molecule has 0 unspecified atom stereocenters. The van der Waals surface area contributed by atoms with E-state index in [2.05, 4.69) is 48.0 Å². The number of thiazole rings is 1. The van der Waals surface area contributed by atoms with Gasteiger partial charge in [0.1, 0.15) is 0 Å². The highest BCUT2D eigenvalue weighted by Gasteiger charge is 2.13. The normalized spacial score (nSPS) is 10.7. The van der Waals surface area contributed by atoms with Gasteiger partial charge in [-0.05, 0) is 32.9 Å². The maximum atomic E-state index is 5.72. The number of anilines is 2. The number of aromatic nitrogens is 1. The Morgan fingerprint density at radius 1 is 1.22 bits per heavy atom. The van der Waals surface area contributed by atoms with Crippen LogP contribution in [-0.2, 0) is 6.54 Å².